The van der Waals surface area contributed by atoms with Crippen LogP contribution in [-0.4, -0.2) is 54.0 Å². The SMILES string of the molecule is CCO[C@H](CC/C=C/C(=O)NO)[C@H](OC(=O)Nc1ccc(C(C)=O)cc1)c1cccc(OCCO)c1. The predicted octanol–water partition coefficient (Wildman–Crippen LogP) is 3.80. The van der Waals surface area contributed by atoms with Crippen LogP contribution in [0.3, 0.4) is 0 Å². The number of rotatable bonds is 14. The largest absolute Gasteiger partial charge is 0.491 e. The van der Waals surface area contributed by atoms with Gasteiger partial charge in [-0.2, -0.15) is 0 Å². The number of nitrogens with one attached hydrogen (secondary N) is 2. The van der Waals surface area contributed by atoms with Gasteiger partial charge in [0.1, 0.15) is 12.4 Å². The Balaban J connectivity index is 2.25. The van der Waals surface area contributed by atoms with E-state index in [4.69, 9.17) is 24.5 Å². The fourth-order valence-electron chi connectivity index (χ4n) is 3.38. The summed E-state index contributed by atoms with van der Waals surface area (Å²) >= 11 is 0. The highest BCUT2D eigenvalue weighted by Gasteiger charge is 2.28. The number of aliphatic hydroxyl groups excluding tert-OH is 1. The summed E-state index contributed by atoms with van der Waals surface area (Å²) < 4.78 is 17.2. The highest BCUT2D eigenvalue weighted by Crippen LogP contribution is 2.30. The Morgan fingerprint density at radius 1 is 1.11 bits per heavy atom. The minimum Gasteiger partial charge on any atom is -0.491 e. The summed E-state index contributed by atoms with van der Waals surface area (Å²) in [4.78, 5) is 35.5. The van der Waals surface area contributed by atoms with Gasteiger partial charge in [-0.05, 0) is 68.7 Å². The Kier molecular flexibility index (Phi) is 12.1. The van der Waals surface area contributed by atoms with E-state index in [9.17, 15) is 14.4 Å². The fraction of sp³-hybridized carbons (Fsp3) is 0.346. The molecule has 0 unspecified atom stereocenters. The molecule has 0 saturated carbocycles. The molecule has 0 saturated heterocycles. The van der Waals surface area contributed by atoms with Crippen molar-refractivity contribution in [2.45, 2.75) is 38.9 Å². The lowest BCUT2D eigenvalue weighted by Gasteiger charge is -2.27. The van der Waals surface area contributed by atoms with Crippen molar-refractivity contribution < 1.29 is 38.9 Å². The molecule has 10 heteroatoms. The first-order chi connectivity index (χ1) is 17.4. The molecular formula is C26H32N2O8. The Bertz CT molecular complexity index is 1020. The number of ether oxygens (including phenoxy) is 3. The number of hydrogen-bond acceptors (Lipinski definition) is 8. The van der Waals surface area contributed by atoms with Gasteiger partial charge >= 0.3 is 6.09 Å². The molecule has 0 bridgehead atoms. The van der Waals surface area contributed by atoms with Crippen LogP contribution in [0.5, 0.6) is 5.75 Å². The fourth-order valence-corrected chi connectivity index (χ4v) is 3.38. The number of amides is 2. The molecule has 0 heterocycles. The quantitative estimate of drug-likeness (QED) is 0.133. The average molecular weight is 501 g/mol. The van der Waals surface area contributed by atoms with E-state index in [2.05, 4.69) is 5.32 Å². The van der Waals surface area contributed by atoms with Gasteiger partial charge in [-0.1, -0.05) is 18.2 Å². The number of carbonyl (C=O) groups excluding carboxylic acids is 3. The standard InChI is InChI=1S/C26H32N2O8/c1-3-34-23(9-4-5-10-24(31)28-33)25(20-7-6-8-22(17-20)35-16-15-29)36-26(32)27-21-13-11-19(12-14-21)18(2)30/h5-8,10-14,17,23,25,29,33H,3-4,9,15-16H2,1-2H3,(H,27,32)(H,28,31)/b10-5+/t23-,25-/m1/s1. The monoisotopic (exact) mass is 500 g/mol. The lowest BCUT2D eigenvalue weighted by molar-refractivity contribution is -0.124. The number of anilines is 1. The van der Waals surface area contributed by atoms with E-state index in [-0.39, 0.29) is 19.0 Å². The maximum absolute atomic E-state index is 12.8. The van der Waals surface area contributed by atoms with Crippen molar-refractivity contribution in [2.75, 3.05) is 25.1 Å². The molecule has 2 rings (SSSR count). The second kappa shape index (κ2) is 15.3. The molecule has 2 aromatic rings. The molecule has 0 spiro atoms. The normalized spacial score (nSPS) is 12.6. The van der Waals surface area contributed by atoms with Crippen LogP contribution in [0.1, 0.15) is 48.7 Å². The smallest absolute Gasteiger partial charge is 0.412 e. The van der Waals surface area contributed by atoms with Gasteiger partial charge in [0.25, 0.3) is 5.91 Å². The van der Waals surface area contributed by atoms with Crippen LogP contribution in [0.25, 0.3) is 0 Å². The summed E-state index contributed by atoms with van der Waals surface area (Å²) in [7, 11) is 0. The number of Topliss-reactive ketones (excluding diaryl/α,β-unsaturated/α-hetero) is 1. The van der Waals surface area contributed by atoms with Crippen LogP contribution in [0.2, 0.25) is 0 Å². The summed E-state index contributed by atoms with van der Waals surface area (Å²) in [5.41, 5.74) is 3.11. The van der Waals surface area contributed by atoms with E-state index in [1.807, 2.05) is 6.92 Å². The van der Waals surface area contributed by atoms with Gasteiger partial charge in [0.2, 0.25) is 0 Å². The summed E-state index contributed by atoms with van der Waals surface area (Å²) in [5, 5.41) is 20.3. The molecule has 0 fully saturated rings. The van der Waals surface area contributed by atoms with Gasteiger partial charge in [0.15, 0.2) is 11.9 Å². The van der Waals surface area contributed by atoms with Crippen molar-refractivity contribution in [1.82, 2.24) is 5.48 Å². The minimum absolute atomic E-state index is 0.0856. The van der Waals surface area contributed by atoms with Gasteiger partial charge in [0.05, 0.1) is 12.7 Å². The Hall–Kier alpha value is -3.73. The summed E-state index contributed by atoms with van der Waals surface area (Å²) in [6.07, 6.45) is 1.45. The Morgan fingerprint density at radius 3 is 2.50 bits per heavy atom. The van der Waals surface area contributed by atoms with Crippen LogP contribution < -0.4 is 15.5 Å². The molecule has 2 aromatic carbocycles. The van der Waals surface area contributed by atoms with Gasteiger partial charge in [-0.15, -0.1) is 0 Å². The second-order valence-electron chi connectivity index (χ2n) is 7.68. The summed E-state index contributed by atoms with van der Waals surface area (Å²) in [6, 6.07) is 13.4. The third-order valence-electron chi connectivity index (χ3n) is 5.03. The first kappa shape index (κ1) is 28.5. The molecule has 0 aliphatic carbocycles. The maximum atomic E-state index is 12.8. The van der Waals surface area contributed by atoms with Crippen LogP contribution in [0.4, 0.5) is 10.5 Å². The Labute approximate surface area is 209 Å². The number of allylic oxidation sites excluding steroid dienone is 1. The van der Waals surface area contributed by atoms with Gasteiger partial charge < -0.3 is 19.3 Å². The third-order valence-corrected chi connectivity index (χ3v) is 5.03. The second-order valence-corrected chi connectivity index (χ2v) is 7.68. The lowest BCUT2D eigenvalue weighted by Crippen LogP contribution is -2.29. The number of hydrogen-bond donors (Lipinski definition) is 4. The first-order valence-electron chi connectivity index (χ1n) is 11.5. The van der Waals surface area contributed by atoms with E-state index in [0.29, 0.717) is 42.0 Å². The van der Waals surface area contributed by atoms with Crippen molar-refractivity contribution in [1.29, 1.82) is 0 Å². The first-order valence-corrected chi connectivity index (χ1v) is 11.5. The molecule has 0 aliphatic heterocycles. The van der Waals surface area contributed by atoms with E-state index in [0.717, 1.165) is 0 Å². The highest BCUT2D eigenvalue weighted by molar-refractivity contribution is 5.95. The van der Waals surface area contributed by atoms with Crippen LogP contribution >= 0.6 is 0 Å². The summed E-state index contributed by atoms with van der Waals surface area (Å²) in [5.74, 6) is -0.248. The Morgan fingerprint density at radius 2 is 1.86 bits per heavy atom. The molecule has 0 radical (unpaired) electrons. The number of ketones is 1. The molecule has 0 aromatic heterocycles. The lowest BCUT2D eigenvalue weighted by atomic mass is 10.00. The average Bonchev–Trinajstić information content (AvgIpc) is 2.88. The highest BCUT2D eigenvalue weighted by atomic mass is 16.6. The number of benzene rings is 2. The van der Waals surface area contributed by atoms with Crippen molar-refractivity contribution in [3.63, 3.8) is 0 Å². The maximum Gasteiger partial charge on any atom is 0.412 e. The number of aliphatic hydroxyl groups is 1. The zero-order valence-electron chi connectivity index (χ0n) is 20.3. The van der Waals surface area contributed by atoms with Gasteiger partial charge in [-0.3, -0.25) is 20.1 Å². The van der Waals surface area contributed by atoms with Crippen LogP contribution in [0.15, 0.2) is 60.7 Å². The minimum atomic E-state index is -0.834. The molecule has 2 amide bonds. The van der Waals surface area contributed by atoms with Crippen molar-refractivity contribution in [3.05, 3.63) is 71.8 Å². The van der Waals surface area contributed by atoms with Crippen molar-refractivity contribution in [3.8, 4) is 5.75 Å². The zero-order valence-corrected chi connectivity index (χ0v) is 20.3. The molecule has 36 heavy (non-hydrogen) atoms. The predicted molar refractivity (Wildman–Crippen MR) is 132 cm³/mol. The molecular weight excluding hydrogens is 468 g/mol. The molecule has 10 nitrogen and oxygen atoms in total. The summed E-state index contributed by atoms with van der Waals surface area (Å²) in [6.45, 7) is 3.58. The zero-order chi connectivity index (χ0) is 26.3. The van der Waals surface area contributed by atoms with E-state index in [1.165, 1.54) is 18.5 Å². The van der Waals surface area contributed by atoms with Gasteiger partial charge in [0, 0.05) is 23.9 Å². The van der Waals surface area contributed by atoms with E-state index in [1.54, 1.807) is 54.6 Å². The van der Waals surface area contributed by atoms with Crippen molar-refractivity contribution in [2.24, 2.45) is 0 Å². The molecule has 4 N–H and O–H groups in total. The number of hydroxylamine groups is 1. The van der Waals surface area contributed by atoms with E-state index >= 15 is 0 Å². The topological polar surface area (TPSA) is 143 Å². The van der Waals surface area contributed by atoms with Crippen molar-refractivity contribution >= 4 is 23.5 Å². The van der Waals surface area contributed by atoms with Gasteiger partial charge in [-0.25, -0.2) is 10.3 Å². The van der Waals surface area contributed by atoms with Crippen LogP contribution in [-0.2, 0) is 14.3 Å². The molecule has 0 aliphatic rings. The molecule has 194 valence electrons. The number of carbonyl (C=O) groups is 3. The van der Waals surface area contributed by atoms with Crippen LogP contribution in [0, 0.1) is 0 Å². The molecule has 2 atom stereocenters. The van der Waals surface area contributed by atoms with E-state index < -0.39 is 24.2 Å². The third kappa shape index (κ3) is 9.49.